The lowest BCUT2D eigenvalue weighted by molar-refractivity contribution is 0.519. The second-order valence-corrected chi connectivity index (χ2v) is 7.25. The van der Waals surface area contributed by atoms with Gasteiger partial charge in [0.2, 0.25) is 10.0 Å². The van der Waals surface area contributed by atoms with Crippen molar-refractivity contribution >= 4 is 10.0 Å². The molecule has 0 atom stereocenters. The van der Waals surface area contributed by atoms with Crippen molar-refractivity contribution in [2.45, 2.75) is 50.6 Å². The van der Waals surface area contributed by atoms with Crippen LogP contribution in [-0.2, 0) is 23.1 Å². The van der Waals surface area contributed by atoms with Gasteiger partial charge in [-0.1, -0.05) is 12.8 Å². The summed E-state index contributed by atoms with van der Waals surface area (Å²) in [6.45, 7) is 4.03. The molecule has 0 amide bonds. The zero-order valence-corrected chi connectivity index (χ0v) is 13.2. The van der Waals surface area contributed by atoms with Crippen LogP contribution in [0.1, 0.15) is 38.3 Å². The van der Waals surface area contributed by atoms with Crippen molar-refractivity contribution in [3.05, 3.63) is 18.0 Å². The monoisotopic (exact) mass is 299 g/mol. The highest BCUT2D eigenvalue weighted by molar-refractivity contribution is 7.89. The van der Waals surface area contributed by atoms with Gasteiger partial charge in [0.1, 0.15) is 0 Å². The van der Waals surface area contributed by atoms with Crippen molar-refractivity contribution in [2.75, 3.05) is 13.6 Å². The van der Waals surface area contributed by atoms with Gasteiger partial charge in [0.05, 0.1) is 4.90 Å². The summed E-state index contributed by atoms with van der Waals surface area (Å²) in [6.07, 6.45) is 6.46. The highest BCUT2D eigenvalue weighted by Gasteiger charge is 2.21. The lowest BCUT2D eigenvalue weighted by Gasteiger charge is -2.10. The number of rotatable bonds is 7. The normalized spacial score (nSPS) is 16.9. The van der Waals surface area contributed by atoms with Crippen LogP contribution < -0.4 is 10.0 Å². The summed E-state index contributed by atoms with van der Waals surface area (Å²) in [5.41, 5.74) is 0.997. The topological polar surface area (TPSA) is 63.1 Å². The third-order valence-electron chi connectivity index (χ3n) is 4.01. The first kappa shape index (κ1) is 15.5. The van der Waals surface area contributed by atoms with Crippen molar-refractivity contribution < 1.29 is 8.42 Å². The fourth-order valence-corrected chi connectivity index (χ4v) is 4.00. The summed E-state index contributed by atoms with van der Waals surface area (Å²) in [6, 6.07) is 1.76. The van der Waals surface area contributed by atoms with Crippen LogP contribution in [0.2, 0.25) is 0 Å². The molecule has 0 unspecified atom stereocenters. The maximum Gasteiger partial charge on any atom is 0.242 e. The van der Waals surface area contributed by atoms with Gasteiger partial charge in [-0.3, -0.25) is 0 Å². The van der Waals surface area contributed by atoms with Gasteiger partial charge < -0.3 is 9.88 Å². The van der Waals surface area contributed by atoms with E-state index in [1.165, 1.54) is 12.8 Å². The summed E-state index contributed by atoms with van der Waals surface area (Å²) in [5, 5.41) is 3.06. The van der Waals surface area contributed by atoms with Crippen molar-refractivity contribution in [2.24, 2.45) is 5.92 Å². The maximum absolute atomic E-state index is 12.3. The van der Waals surface area contributed by atoms with Crippen molar-refractivity contribution in [3.63, 3.8) is 0 Å². The Bertz CT molecular complexity index is 531. The zero-order chi connectivity index (χ0) is 14.6. The summed E-state index contributed by atoms with van der Waals surface area (Å²) < 4.78 is 29.4. The van der Waals surface area contributed by atoms with Crippen molar-refractivity contribution in [1.29, 1.82) is 0 Å². The van der Waals surface area contributed by atoms with E-state index in [-0.39, 0.29) is 0 Å². The van der Waals surface area contributed by atoms with Crippen LogP contribution in [0.4, 0.5) is 0 Å². The molecule has 1 saturated carbocycles. The molecule has 2 N–H and O–H groups in total. The number of sulfonamides is 1. The van der Waals surface area contributed by atoms with Crippen LogP contribution >= 0.6 is 0 Å². The molecule has 1 heterocycles. The number of nitrogens with zero attached hydrogens (tertiary/aromatic N) is 1. The van der Waals surface area contributed by atoms with Crippen LogP contribution in [0.5, 0.6) is 0 Å². The number of aromatic nitrogens is 1. The fraction of sp³-hybridized carbons (Fsp3) is 0.714. The van der Waals surface area contributed by atoms with Crippen LogP contribution in [0, 0.1) is 5.92 Å². The molecule has 1 aliphatic rings. The lowest BCUT2D eigenvalue weighted by atomic mass is 10.1. The van der Waals surface area contributed by atoms with Gasteiger partial charge in [0, 0.05) is 31.5 Å². The van der Waals surface area contributed by atoms with Crippen molar-refractivity contribution in [3.8, 4) is 0 Å². The Balaban J connectivity index is 2.07. The highest BCUT2D eigenvalue weighted by Crippen LogP contribution is 2.24. The Kier molecular flexibility index (Phi) is 5.23. The molecule has 0 saturated heterocycles. The Morgan fingerprint density at radius 3 is 2.65 bits per heavy atom. The molecule has 1 aromatic heterocycles. The molecular weight excluding hydrogens is 274 g/mol. The number of aryl methyl sites for hydroxylation is 1. The van der Waals surface area contributed by atoms with Gasteiger partial charge in [-0.05, 0) is 38.8 Å². The minimum atomic E-state index is -3.38. The Morgan fingerprint density at radius 2 is 2.05 bits per heavy atom. The van der Waals surface area contributed by atoms with E-state index in [0.29, 0.717) is 23.9 Å². The molecule has 6 heteroatoms. The Labute approximate surface area is 121 Å². The maximum atomic E-state index is 12.3. The first-order valence-electron chi connectivity index (χ1n) is 7.40. The predicted molar refractivity (Wildman–Crippen MR) is 80.0 cm³/mol. The van der Waals surface area contributed by atoms with Gasteiger partial charge in [0.25, 0.3) is 0 Å². The second kappa shape index (κ2) is 6.74. The van der Waals surface area contributed by atoms with Gasteiger partial charge in [-0.15, -0.1) is 0 Å². The first-order chi connectivity index (χ1) is 9.56. The van der Waals surface area contributed by atoms with E-state index in [1.54, 1.807) is 12.3 Å². The fourth-order valence-electron chi connectivity index (χ4n) is 2.82. The molecule has 114 valence electrons. The number of nitrogens with one attached hydrogen (secondary N) is 2. The van der Waals surface area contributed by atoms with E-state index in [1.807, 2.05) is 18.5 Å². The molecule has 0 bridgehead atoms. The van der Waals surface area contributed by atoms with Gasteiger partial charge in [-0.2, -0.15) is 0 Å². The molecule has 0 aliphatic heterocycles. The molecule has 5 nitrogen and oxygen atoms in total. The molecule has 2 rings (SSSR count). The van der Waals surface area contributed by atoms with Gasteiger partial charge in [-0.25, -0.2) is 13.1 Å². The number of hydrogen-bond acceptors (Lipinski definition) is 3. The quantitative estimate of drug-likeness (QED) is 0.805. The van der Waals surface area contributed by atoms with E-state index in [9.17, 15) is 8.42 Å². The van der Waals surface area contributed by atoms with Crippen LogP contribution in [-0.4, -0.2) is 26.6 Å². The van der Waals surface area contributed by atoms with E-state index < -0.39 is 10.0 Å². The minimum Gasteiger partial charge on any atom is -0.349 e. The van der Waals surface area contributed by atoms with E-state index >= 15 is 0 Å². The third kappa shape index (κ3) is 3.62. The molecule has 0 aromatic carbocycles. The van der Waals surface area contributed by atoms with E-state index in [4.69, 9.17) is 0 Å². The molecule has 1 fully saturated rings. The molecule has 0 radical (unpaired) electrons. The summed E-state index contributed by atoms with van der Waals surface area (Å²) in [4.78, 5) is 0.377. The smallest absolute Gasteiger partial charge is 0.242 e. The molecule has 20 heavy (non-hydrogen) atoms. The standard InChI is InChI=1S/C14H25N3O2S/c1-3-17-11-14(8-13(17)10-15-2)20(18,19)16-9-12-6-4-5-7-12/h8,11-12,15-16H,3-7,9-10H2,1-2H3. The second-order valence-electron chi connectivity index (χ2n) is 5.49. The average molecular weight is 299 g/mol. The van der Waals surface area contributed by atoms with Crippen LogP contribution in [0.15, 0.2) is 17.2 Å². The predicted octanol–water partition coefficient (Wildman–Crippen LogP) is 1.70. The van der Waals surface area contributed by atoms with E-state index in [0.717, 1.165) is 25.1 Å². The van der Waals surface area contributed by atoms with E-state index in [2.05, 4.69) is 10.0 Å². The molecule has 1 aliphatic carbocycles. The summed E-state index contributed by atoms with van der Waals surface area (Å²) in [5.74, 6) is 0.509. The minimum absolute atomic E-state index is 0.377. The zero-order valence-electron chi connectivity index (χ0n) is 12.4. The highest BCUT2D eigenvalue weighted by atomic mass is 32.2. The van der Waals surface area contributed by atoms with Crippen LogP contribution in [0.25, 0.3) is 0 Å². The molecule has 0 spiro atoms. The number of hydrogen-bond donors (Lipinski definition) is 2. The van der Waals surface area contributed by atoms with Gasteiger partial charge in [0.15, 0.2) is 0 Å². The third-order valence-corrected chi connectivity index (χ3v) is 5.40. The Hall–Kier alpha value is -0.850. The first-order valence-corrected chi connectivity index (χ1v) is 8.88. The SMILES string of the molecule is CCn1cc(S(=O)(=O)NCC2CCCC2)cc1CNC. The molecule has 1 aromatic rings. The average Bonchev–Trinajstić information content (AvgIpc) is 3.06. The summed E-state index contributed by atoms with van der Waals surface area (Å²) >= 11 is 0. The van der Waals surface area contributed by atoms with Crippen molar-refractivity contribution in [1.82, 2.24) is 14.6 Å². The summed E-state index contributed by atoms with van der Waals surface area (Å²) in [7, 11) is -1.52. The molecular formula is C14H25N3O2S. The Morgan fingerprint density at radius 1 is 1.35 bits per heavy atom. The van der Waals surface area contributed by atoms with Gasteiger partial charge >= 0.3 is 0 Å². The van der Waals surface area contributed by atoms with Crippen LogP contribution in [0.3, 0.4) is 0 Å². The largest absolute Gasteiger partial charge is 0.349 e. The lowest BCUT2D eigenvalue weighted by Crippen LogP contribution is -2.28.